The first-order valence-corrected chi connectivity index (χ1v) is 10.3. The minimum Gasteiger partial charge on any atom is -0.468 e. The van der Waals surface area contributed by atoms with Crippen LogP contribution >= 0.6 is 11.8 Å². The average molecular weight is 407 g/mol. The third-order valence-corrected chi connectivity index (χ3v) is 5.89. The number of carbonyl (C=O) groups excluding carboxylic acids is 2. The first-order chi connectivity index (χ1) is 14.2. The van der Waals surface area contributed by atoms with Gasteiger partial charge in [0, 0.05) is 12.2 Å². The first-order valence-electron chi connectivity index (χ1n) is 9.36. The third kappa shape index (κ3) is 4.05. The number of methoxy groups -OCH3 is 1. The molecule has 1 aromatic heterocycles. The van der Waals surface area contributed by atoms with Crippen LogP contribution in [0.1, 0.15) is 5.56 Å². The van der Waals surface area contributed by atoms with Crippen molar-refractivity contribution in [3.8, 4) is 11.3 Å². The molecule has 0 N–H and O–H groups in total. The van der Waals surface area contributed by atoms with E-state index < -0.39 is 0 Å². The predicted octanol–water partition coefficient (Wildman–Crippen LogP) is 3.40. The third-order valence-electron chi connectivity index (χ3n) is 4.92. The van der Waals surface area contributed by atoms with Crippen molar-refractivity contribution in [2.75, 3.05) is 24.3 Å². The molecular formula is C22H21N3O3S. The maximum Gasteiger partial charge on any atom is 0.325 e. The molecule has 2 aromatic carbocycles. The van der Waals surface area contributed by atoms with Gasteiger partial charge in [0.25, 0.3) is 0 Å². The number of thioether (sulfide) groups is 1. The summed E-state index contributed by atoms with van der Waals surface area (Å²) in [5.74, 6) is -0.0727. The van der Waals surface area contributed by atoms with Gasteiger partial charge in [0.05, 0.1) is 24.8 Å². The van der Waals surface area contributed by atoms with E-state index in [-0.39, 0.29) is 24.2 Å². The highest BCUT2D eigenvalue weighted by atomic mass is 32.2. The second kappa shape index (κ2) is 8.53. The molecule has 0 radical (unpaired) electrons. The van der Waals surface area contributed by atoms with E-state index in [1.54, 1.807) is 10.8 Å². The van der Waals surface area contributed by atoms with E-state index in [4.69, 9.17) is 4.74 Å². The number of esters is 1. The van der Waals surface area contributed by atoms with Gasteiger partial charge in [0.1, 0.15) is 6.54 Å². The lowest BCUT2D eigenvalue weighted by Gasteiger charge is -2.17. The van der Waals surface area contributed by atoms with Crippen molar-refractivity contribution in [3.05, 3.63) is 66.4 Å². The van der Waals surface area contributed by atoms with Gasteiger partial charge in [-0.15, -0.1) is 0 Å². The van der Waals surface area contributed by atoms with Crippen LogP contribution in [0, 0.1) is 0 Å². The Balaban J connectivity index is 1.53. The van der Waals surface area contributed by atoms with Gasteiger partial charge in [-0.1, -0.05) is 60.3 Å². The number of anilines is 1. The Morgan fingerprint density at radius 2 is 1.86 bits per heavy atom. The molecular weight excluding hydrogens is 386 g/mol. The van der Waals surface area contributed by atoms with Crippen LogP contribution < -0.4 is 4.90 Å². The van der Waals surface area contributed by atoms with Crippen molar-refractivity contribution in [2.24, 2.45) is 0 Å². The van der Waals surface area contributed by atoms with E-state index >= 15 is 0 Å². The summed E-state index contributed by atoms with van der Waals surface area (Å²) in [5.41, 5.74) is 3.96. The van der Waals surface area contributed by atoms with Gasteiger partial charge in [-0.05, 0) is 23.6 Å². The average Bonchev–Trinajstić information content (AvgIpc) is 3.37. The monoisotopic (exact) mass is 407 g/mol. The molecule has 2 heterocycles. The van der Waals surface area contributed by atoms with Crippen molar-refractivity contribution in [1.29, 1.82) is 0 Å². The Hall–Kier alpha value is -3.06. The molecule has 1 aliphatic rings. The molecule has 1 amide bonds. The number of rotatable bonds is 6. The molecule has 1 aliphatic heterocycles. The van der Waals surface area contributed by atoms with E-state index in [0.717, 1.165) is 23.4 Å². The zero-order valence-electron chi connectivity index (χ0n) is 16.1. The van der Waals surface area contributed by atoms with Gasteiger partial charge < -0.3 is 14.2 Å². The fourth-order valence-corrected chi connectivity index (χ4v) is 4.32. The number of fused-ring (bicyclic) bond motifs is 1. The zero-order chi connectivity index (χ0) is 20.2. The smallest absolute Gasteiger partial charge is 0.325 e. The van der Waals surface area contributed by atoms with E-state index in [2.05, 4.69) is 11.1 Å². The number of para-hydroxylation sites is 1. The number of benzene rings is 2. The standard InChI is InChI=1S/C22H21N3O3S/c1-28-21(27)14-25-19(16-7-3-2-4-8-16)13-23-22(25)29-15-20(26)24-12-11-17-9-5-6-10-18(17)24/h2-10,13H,11-12,14-15H2,1H3. The summed E-state index contributed by atoms with van der Waals surface area (Å²) >= 11 is 1.34. The molecule has 0 aliphatic carbocycles. The summed E-state index contributed by atoms with van der Waals surface area (Å²) < 4.78 is 6.65. The second-order valence-electron chi connectivity index (χ2n) is 6.67. The number of aromatic nitrogens is 2. The summed E-state index contributed by atoms with van der Waals surface area (Å²) in [7, 11) is 1.36. The van der Waals surface area contributed by atoms with Crippen LogP contribution in [0.4, 0.5) is 5.69 Å². The van der Waals surface area contributed by atoms with Crippen molar-refractivity contribution >= 4 is 29.3 Å². The van der Waals surface area contributed by atoms with Crippen LogP contribution in [0.3, 0.4) is 0 Å². The molecule has 0 fully saturated rings. The molecule has 0 bridgehead atoms. The van der Waals surface area contributed by atoms with E-state index in [0.29, 0.717) is 11.7 Å². The minimum absolute atomic E-state index is 0.0360. The summed E-state index contributed by atoms with van der Waals surface area (Å²) in [4.78, 5) is 31.1. The fraction of sp³-hybridized carbons (Fsp3) is 0.227. The van der Waals surface area contributed by atoms with Crippen molar-refractivity contribution in [3.63, 3.8) is 0 Å². The van der Waals surface area contributed by atoms with Crippen LogP contribution in [0.2, 0.25) is 0 Å². The molecule has 0 saturated heterocycles. The van der Waals surface area contributed by atoms with Crippen molar-refractivity contribution in [2.45, 2.75) is 18.1 Å². The van der Waals surface area contributed by atoms with Crippen molar-refractivity contribution < 1.29 is 14.3 Å². The molecule has 148 valence electrons. The van der Waals surface area contributed by atoms with Crippen LogP contribution in [0.15, 0.2) is 66.0 Å². The summed E-state index contributed by atoms with van der Waals surface area (Å²) in [5, 5.41) is 0.620. The highest BCUT2D eigenvalue weighted by Gasteiger charge is 2.25. The summed E-state index contributed by atoms with van der Waals surface area (Å²) in [6.45, 7) is 0.744. The molecule has 0 unspecified atom stereocenters. The summed E-state index contributed by atoms with van der Waals surface area (Å²) in [6.07, 6.45) is 2.61. The lowest BCUT2D eigenvalue weighted by Crippen LogP contribution is -2.30. The first kappa shape index (κ1) is 19.3. The number of hydrogen-bond acceptors (Lipinski definition) is 5. The number of carbonyl (C=O) groups is 2. The number of nitrogens with zero attached hydrogens (tertiary/aromatic N) is 3. The molecule has 0 saturated carbocycles. The fourth-order valence-electron chi connectivity index (χ4n) is 3.46. The van der Waals surface area contributed by atoms with E-state index in [9.17, 15) is 9.59 Å². The van der Waals surface area contributed by atoms with E-state index in [1.807, 2.05) is 53.4 Å². The van der Waals surface area contributed by atoms with Crippen LogP contribution in [-0.2, 0) is 27.3 Å². The number of ether oxygens (including phenoxy) is 1. The Kier molecular flexibility index (Phi) is 5.67. The van der Waals surface area contributed by atoms with Crippen LogP contribution in [-0.4, -0.2) is 40.8 Å². The topological polar surface area (TPSA) is 64.4 Å². The molecule has 0 spiro atoms. The van der Waals surface area contributed by atoms with Gasteiger partial charge in [0.2, 0.25) is 5.91 Å². The Morgan fingerprint density at radius 3 is 2.66 bits per heavy atom. The minimum atomic E-state index is -0.359. The van der Waals surface area contributed by atoms with Crippen LogP contribution in [0.25, 0.3) is 11.3 Å². The zero-order valence-corrected chi connectivity index (χ0v) is 16.9. The van der Waals surface area contributed by atoms with Crippen molar-refractivity contribution in [1.82, 2.24) is 9.55 Å². The molecule has 29 heavy (non-hydrogen) atoms. The van der Waals surface area contributed by atoms with Crippen LogP contribution in [0.5, 0.6) is 0 Å². The Morgan fingerprint density at radius 1 is 1.10 bits per heavy atom. The number of imidazole rings is 1. The maximum absolute atomic E-state index is 12.8. The molecule has 7 heteroatoms. The molecule has 0 atom stereocenters. The highest BCUT2D eigenvalue weighted by Crippen LogP contribution is 2.30. The van der Waals surface area contributed by atoms with Gasteiger partial charge in [-0.25, -0.2) is 4.98 Å². The van der Waals surface area contributed by atoms with Gasteiger partial charge in [0.15, 0.2) is 5.16 Å². The SMILES string of the molecule is COC(=O)Cn1c(-c2ccccc2)cnc1SCC(=O)N1CCc2ccccc21. The molecule has 3 aromatic rings. The quantitative estimate of drug-likeness (QED) is 0.463. The van der Waals surface area contributed by atoms with E-state index in [1.165, 1.54) is 24.4 Å². The highest BCUT2D eigenvalue weighted by molar-refractivity contribution is 7.99. The summed E-state index contributed by atoms with van der Waals surface area (Å²) in [6, 6.07) is 17.7. The lowest BCUT2D eigenvalue weighted by molar-refractivity contribution is -0.141. The molecule has 6 nitrogen and oxygen atoms in total. The van der Waals surface area contributed by atoms with Gasteiger partial charge in [-0.2, -0.15) is 0 Å². The van der Waals surface area contributed by atoms with Gasteiger partial charge in [-0.3, -0.25) is 9.59 Å². The number of amides is 1. The van der Waals surface area contributed by atoms with Gasteiger partial charge >= 0.3 is 5.97 Å². The number of hydrogen-bond donors (Lipinski definition) is 0. The Bertz CT molecular complexity index is 1030. The Labute approximate surface area is 173 Å². The molecule has 4 rings (SSSR count). The normalized spacial score (nSPS) is 12.7. The lowest BCUT2D eigenvalue weighted by atomic mass is 10.2. The largest absolute Gasteiger partial charge is 0.468 e. The second-order valence-corrected chi connectivity index (χ2v) is 7.61. The maximum atomic E-state index is 12.8. The predicted molar refractivity (Wildman–Crippen MR) is 113 cm³/mol.